The number of aromatic amines is 1. The molecular weight excluding hydrogens is 316 g/mol. The number of fused-ring (bicyclic) bond motifs is 1. The zero-order valence-electron chi connectivity index (χ0n) is 10.2. The fraction of sp³-hybridized carbons (Fsp3) is 0.0909. The number of nitrogens with one attached hydrogen (secondary N) is 1. The topological polar surface area (TPSA) is 71.8 Å². The van der Waals surface area contributed by atoms with Crippen LogP contribution >= 0.6 is 34.3 Å². The van der Waals surface area contributed by atoms with Crippen LogP contribution < -0.4 is 0 Å². The predicted molar refractivity (Wildman–Crippen MR) is 79.3 cm³/mol. The molecule has 0 atom stereocenters. The van der Waals surface area contributed by atoms with Gasteiger partial charge in [-0.2, -0.15) is 26.0 Å². The molecule has 0 amide bonds. The first kappa shape index (κ1) is 12.0. The maximum atomic E-state index is 6.21. The summed E-state index contributed by atoms with van der Waals surface area (Å²) in [4.78, 5) is 0.720. The smallest absolute Gasteiger partial charge is 0.235 e. The Hall–Kier alpha value is -1.77. The predicted octanol–water partition coefficient (Wildman–Crippen LogP) is 3.27. The summed E-state index contributed by atoms with van der Waals surface area (Å²) < 4.78 is 1.72. The number of halogens is 1. The second kappa shape index (κ2) is 4.37. The Kier molecular flexibility index (Phi) is 2.62. The van der Waals surface area contributed by atoms with Gasteiger partial charge in [-0.15, -0.1) is 10.2 Å². The van der Waals surface area contributed by atoms with Crippen molar-refractivity contribution in [2.45, 2.75) is 6.92 Å². The Bertz CT molecular complexity index is 888. The molecule has 20 heavy (non-hydrogen) atoms. The SMILES string of the molecule is Cc1[nH]nc(-c2nn3c(-c4ccsc4)nnc3s2)c1Cl. The monoisotopic (exact) mass is 322 g/mol. The molecule has 0 aliphatic heterocycles. The number of aryl methyl sites for hydroxylation is 1. The standard InChI is InChI=1S/C11H7ClN6S2/c1-5-7(12)8(14-13-5)10-17-18-9(6-2-3-19-4-6)15-16-11(18)20-10/h2-4H,1H3,(H,13,14). The van der Waals surface area contributed by atoms with Crippen molar-refractivity contribution in [2.24, 2.45) is 0 Å². The molecular formula is C11H7ClN6S2. The Morgan fingerprint density at radius 3 is 2.95 bits per heavy atom. The summed E-state index contributed by atoms with van der Waals surface area (Å²) in [6.07, 6.45) is 0. The van der Waals surface area contributed by atoms with Crippen LogP contribution in [0.3, 0.4) is 0 Å². The summed E-state index contributed by atoms with van der Waals surface area (Å²) in [6, 6.07) is 1.99. The molecule has 4 aromatic heterocycles. The van der Waals surface area contributed by atoms with Gasteiger partial charge < -0.3 is 0 Å². The summed E-state index contributed by atoms with van der Waals surface area (Å²) in [5.41, 5.74) is 2.48. The first-order valence-corrected chi connectivity index (χ1v) is 7.83. The lowest BCUT2D eigenvalue weighted by molar-refractivity contribution is 0.963. The largest absolute Gasteiger partial charge is 0.281 e. The summed E-state index contributed by atoms with van der Waals surface area (Å²) in [5.74, 6) is 0.729. The van der Waals surface area contributed by atoms with Crippen molar-refractivity contribution in [1.29, 1.82) is 0 Å². The highest BCUT2D eigenvalue weighted by molar-refractivity contribution is 7.19. The van der Waals surface area contributed by atoms with Crippen LogP contribution in [-0.2, 0) is 0 Å². The molecule has 1 N–H and O–H groups in total. The molecule has 4 aromatic rings. The summed E-state index contributed by atoms with van der Waals surface area (Å²) >= 11 is 9.23. The van der Waals surface area contributed by atoms with Crippen molar-refractivity contribution in [3.05, 3.63) is 27.5 Å². The molecule has 0 aromatic carbocycles. The number of nitrogens with zero attached hydrogens (tertiary/aromatic N) is 5. The van der Waals surface area contributed by atoms with E-state index in [2.05, 4.69) is 25.5 Å². The van der Waals surface area contributed by atoms with Crippen molar-refractivity contribution in [3.8, 4) is 22.1 Å². The van der Waals surface area contributed by atoms with E-state index in [-0.39, 0.29) is 0 Å². The molecule has 4 heterocycles. The molecule has 0 unspecified atom stereocenters. The third kappa shape index (κ3) is 1.69. The van der Waals surface area contributed by atoms with Gasteiger partial charge in [0.05, 0.1) is 10.7 Å². The summed E-state index contributed by atoms with van der Waals surface area (Å²) in [6.45, 7) is 1.87. The first-order valence-electron chi connectivity index (χ1n) is 5.69. The fourth-order valence-corrected chi connectivity index (χ4v) is 3.54. The van der Waals surface area contributed by atoms with Gasteiger partial charge in [-0.25, -0.2) is 0 Å². The minimum absolute atomic E-state index is 0.590. The van der Waals surface area contributed by atoms with Gasteiger partial charge in [0.2, 0.25) is 4.96 Å². The zero-order chi connectivity index (χ0) is 13.7. The Morgan fingerprint density at radius 1 is 1.35 bits per heavy atom. The maximum absolute atomic E-state index is 6.21. The quantitative estimate of drug-likeness (QED) is 0.615. The van der Waals surface area contributed by atoms with Crippen molar-refractivity contribution < 1.29 is 0 Å². The molecule has 0 saturated carbocycles. The van der Waals surface area contributed by atoms with Crippen LogP contribution in [0.4, 0.5) is 0 Å². The molecule has 0 spiro atoms. The lowest BCUT2D eigenvalue weighted by Crippen LogP contribution is -1.89. The van der Waals surface area contributed by atoms with E-state index in [4.69, 9.17) is 11.6 Å². The van der Waals surface area contributed by atoms with Crippen LogP contribution in [0.25, 0.3) is 27.1 Å². The Balaban J connectivity index is 1.90. The normalized spacial score (nSPS) is 11.5. The van der Waals surface area contributed by atoms with Crippen molar-refractivity contribution >= 4 is 39.2 Å². The van der Waals surface area contributed by atoms with E-state index in [1.807, 2.05) is 23.8 Å². The lowest BCUT2D eigenvalue weighted by Gasteiger charge is -1.91. The molecule has 0 aliphatic carbocycles. The van der Waals surface area contributed by atoms with Gasteiger partial charge in [0.15, 0.2) is 10.8 Å². The number of H-pyrrole nitrogens is 1. The molecule has 0 aliphatic rings. The molecule has 0 saturated heterocycles. The molecule has 4 rings (SSSR count). The summed E-state index contributed by atoms with van der Waals surface area (Å²) in [5, 5.41) is 25.2. The number of hydrogen-bond acceptors (Lipinski definition) is 6. The van der Waals surface area contributed by atoms with Crippen molar-refractivity contribution in [3.63, 3.8) is 0 Å². The van der Waals surface area contributed by atoms with Crippen LogP contribution in [-0.4, -0.2) is 30.0 Å². The fourth-order valence-electron chi connectivity index (χ4n) is 1.84. The van der Waals surface area contributed by atoms with Gasteiger partial charge >= 0.3 is 0 Å². The third-order valence-corrected chi connectivity index (χ3v) is 4.90. The number of hydrogen-bond donors (Lipinski definition) is 1. The van der Waals surface area contributed by atoms with E-state index in [0.717, 1.165) is 27.1 Å². The van der Waals surface area contributed by atoms with E-state index in [1.54, 1.807) is 15.9 Å². The summed E-state index contributed by atoms with van der Waals surface area (Å²) in [7, 11) is 0. The number of aromatic nitrogens is 6. The molecule has 0 radical (unpaired) electrons. The minimum atomic E-state index is 0.590. The zero-order valence-corrected chi connectivity index (χ0v) is 12.6. The minimum Gasteiger partial charge on any atom is -0.281 e. The van der Waals surface area contributed by atoms with Crippen molar-refractivity contribution in [1.82, 2.24) is 30.0 Å². The van der Waals surface area contributed by atoms with Crippen molar-refractivity contribution in [2.75, 3.05) is 0 Å². The highest BCUT2D eigenvalue weighted by Crippen LogP contribution is 2.32. The lowest BCUT2D eigenvalue weighted by atomic mass is 10.3. The van der Waals surface area contributed by atoms with E-state index < -0.39 is 0 Å². The van der Waals surface area contributed by atoms with Crippen LogP contribution in [0.1, 0.15) is 5.69 Å². The van der Waals surface area contributed by atoms with Gasteiger partial charge in [0.1, 0.15) is 5.69 Å². The third-order valence-electron chi connectivity index (χ3n) is 2.85. The second-order valence-corrected chi connectivity index (χ2v) is 6.26. The van der Waals surface area contributed by atoms with Gasteiger partial charge in [-0.3, -0.25) is 5.10 Å². The van der Waals surface area contributed by atoms with E-state index in [1.165, 1.54) is 11.3 Å². The van der Waals surface area contributed by atoms with Crippen LogP contribution in [0.15, 0.2) is 16.8 Å². The Labute approximate surface area is 126 Å². The second-order valence-electron chi connectivity index (χ2n) is 4.15. The van der Waals surface area contributed by atoms with E-state index >= 15 is 0 Å². The Morgan fingerprint density at radius 2 is 2.25 bits per heavy atom. The average molecular weight is 323 g/mol. The average Bonchev–Trinajstić information content (AvgIpc) is 3.15. The van der Waals surface area contributed by atoms with Crippen LogP contribution in [0.5, 0.6) is 0 Å². The maximum Gasteiger partial charge on any atom is 0.235 e. The van der Waals surface area contributed by atoms with Gasteiger partial charge in [-0.1, -0.05) is 22.9 Å². The highest BCUT2D eigenvalue weighted by Gasteiger charge is 2.18. The molecule has 9 heteroatoms. The van der Waals surface area contributed by atoms with E-state index in [9.17, 15) is 0 Å². The molecule has 0 bridgehead atoms. The highest BCUT2D eigenvalue weighted by atomic mass is 35.5. The first-order chi connectivity index (χ1) is 9.74. The number of thiophene rings is 1. The molecule has 0 fully saturated rings. The molecule has 6 nitrogen and oxygen atoms in total. The van der Waals surface area contributed by atoms with E-state index in [0.29, 0.717) is 10.7 Å². The molecule has 100 valence electrons. The number of rotatable bonds is 2. The van der Waals surface area contributed by atoms with Gasteiger partial charge in [-0.05, 0) is 18.4 Å². The van der Waals surface area contributed by atoms with Crippen LogP contribution in [0.2, 0.25) is 5.02 Å². The van der Waals surface area contributed by atoms with Gasteiger partial charge in [0, 0.05) is 10.9 Å². The van der Waals surface area contributed by atoms with Gasteiger partial charge in [0.25, 0.3) is 0 Å². The van der Waals surface area contributed by atoms with Crippen LogP contribution in [0, 0.1) is 6.92 Å².